The van der Waals surface area contributed by atoms with Crippen molar-refractivity contribution in [2.75, 3.05) is 24.6 Å². The van der Waals surface area contributed by atoms with Gasteiger partial charge in [-0.3, -0.25) is 19.2 Å². The standard InChI is InChI=1S/C36H41BrClN3O7/c1-5-7-16-26(43)39-22(4)30(23-13-9-8-10-14-23)47-35(46)27-28-33(44)41(18-19-42)32(36(28)20-24(37)31(27)48-36)34(45)40(17-6-2)29-21(3)12-11-15-25(29)38/h5-6,8-15,22,24,27-28,30-32,42H,1-2,7,16-20H2,3-4H3,(H,39,43)/t22-,24?,27+,28-,30-,31+,32+,36-/m0/s1. The van der Waals surface area contributed by atoms with Gasteiger partial charge in [0.05, 0.1) is 41.3 Å². The number of likely N-dealkylation sites (tertiary alicyclic amines) is 1. The van der Waals surface area contributed by atoms with Gasteiger partial charge in [-0.1, -0.05) is 82.1 Å². The van der Waals surface area contributed by atoms with Crippen LogP contribution in [0.1, 0.15) is 43.4 Å². The first-order valence-corrected chi connectivity index (χ1v) is 17.4. The van der Waals surface area contributed by atoms with Gasteiger partial charge in [-0.2, -0.15) is 0 Å². The number of aliphatic hydroxyl groups is 1. The lowest BCUT2D eigenvalue weighted by Gasteiger charge is -2.37. The molecule has 0 saturated carbocycles. The SMILES string of the molecule is C=CCCC(=O)N[C@@H](C)[C@H](OC(=O)[C@H]1[C@@H]2O[C@@]3(CC2Br)[C@@H]1C(=O)N(CCO)[C@@H]3C(=O)N(CC=C)c1c(C)cccc1Cl)c1ccccc1. The molecule has 3 amide bonds. The predicted octanol–water partition coefficient (Wildman–Crippen LogP) is 4.66. The van der Waals surface area contributed by atoms with Gasteiger partial charge in [-0.25, -0.2) is 0 Å². The zero-order chi connectivity index (χ0) is 34.7. The molecule has 3 heterocycles. The first-order chi connectivity index (χ1) is 23.0. The van der Waals surface area contributed by atoms with Gasteiger partial charge in [0, 0.05) is 24.3 Å². The molecule has 12 heteroatoms. The summed E-state index contributed by atoms with van der Waals surface area (Å²) in [4.78, 5) is 58.4. The molecule has 3 fully saturated rings. The zero-order valence-corrected chi connectivity index (χ0v) is 29.4. The first kappa shape index (κ1) is 35.8. The monoisotopic (exact) mass is 741 g/mol. The third-order valence-corrected chi connectivity index (χ3v) is 10.6. The van der Waals surface area contributed by atoms with Crippen molar-refractivity contribution in [3.63, 3.8) is 0 Å². The van der Waals surface area contributed by atoms with Crippen LogP contribution in [0.3, 0.4) is 0 Å². The van der Waals surface area contributed by atoms with Crippen molar-refractivity contribution >= 4 is 56.9 Å². The number of fused-ring (bicyclic) bond motifs is 1. The Morgan fingerprint density at radius 3 is 2.58 bits per heavy atom. The number of carbonyl (C=O) groups excluding carboxylic acids is 4. The van der Waals surface area contributed by atoms with E-state index in [-0.39, 0.29) is 36.7 Å². The second-order valence-corrected chi connectivity index (χ2v) is 14.1. The van der Waals surface area contributed by atoms with E-state index in [1.807, 2.05) is 31.2 Å². The lowest BCUT2D eigenvalue weighted by Crippen LogP contribution is -2.57. The Balaban J connectivity index is 1.50. The van der Waals surface area contributed by atoms with E-state index < -0.39 is 66.1 Å². The molecule has 8 atom stereocenters. The van der Waals surface area contributed by atoms with Crippen molar-refractivity contribution in [1.29, 1.82) is 0 Å². The van der Waals surface area contributed by atoms with E-state index in [1.54, 1.807) is 43.3 Å². The van der Waals surface area contributed by atoms with E-state index in [1.165, 1.54) is 9.80 Å². The van der Waals surface area contributed by atoms with Crippen LogP contribution in [0, 0.1) is 18.8 Å². The smallest absolute Gasteiger partial charge is 0.313 e. The number of carbonyl (C=O) groups is 4. The maximum absolute atomic E-state index is 14.7. The molecule has 5 rings (SSSR count). The van der Waals surface area contributed by atoms with Crippen LogP contribution in [-0.4, -0.2) is 82.0 Å². The van der Waals surface area contributed by atoms with Gasteiger partial charge >= 0.3 is 5.97 Å². The molecule has 0 aromatic heterocycles. The van der Waals surface area contributed by atoms with Gasteiger partial charge in [0.15, 0.2) is 0 Å². The average molecular weight is 743 g/mol. The fourth-order valence-corrected chi connectivity index (χ4v) is 8.77. The van der Waals surface area contributed by atoms with E-state index in [0.717, 1.165) is 5.56 Å². The third kappa shape index (κ3) is 6.45. The molecule has 48 heavy (non-hydrogen) atoms. The number of esters is 1. The van der Waals surface area contributed by atoms with E-state index in [9.17, 15) is 24.3 Å². The Bertz CT molecular complexity index is 1550. The van der Waals surface area contributed by atoms with Crippen molar-refractivity contribution < 1.29 is 33.8 Å². The van der Waals surface area contributed by atoms with Crippen LogP contribution in [0.15, 0.2) is 73.8 Å². The number of nitrogens with zero attached hydrogens (tertiary/aromatic N) is 2. The molecule has 1 unspecified atom stereocenters. The highest BCUT2D eigenvalue weighted by atomic mass is 79.9. The first-order valence-electron chi connectivity index (χ1n) is 16.1. The summed E-state index contributed by atoms with van der Waals surface area (Å²) in [6.07, 6.45) is 2.61. The van der Waals surface area contributed by atoms with Gasteiger partial charge in [0.2, 0.25) is 11.8 Å². The van der Waals surface area contributed by atoms with Crippen LogP contribution >= 0.6 is 27.5 Å². The Hall–Kier alpha value is -3.51. The molecule has 2 aromatic rings. The number of nitrogens with one attached hydrogen (secondary N) is 1. The number of ether oxygens (including phenoxy) is 2. The number of amides is 3. The fraction of sp³-hybridized carbons (Fsp3) is 0.444. The van der Waals surface area contributed by atoms with E-state index >= 15 is 0 Å². The quantitative estimate of drug-likeness (QED) is 0.164. The van der Waals surface area contributed by atoms with Crippen molar-refractivity contribution in [3.8, 4) is 0 Å². The predicted molar refractivity (Wildman–Crippen MR) is 186 cm³/mol. The summed E-state index contributed by atoms with van der Waals surface area (Å²) in [5.74, 6) is -3.92. The number of aliphatic hydroxyl groups excluding tert-OH is 1. The highest BCUT2D eigenvalue weighted by molar-refractivity contribution is 9.09. The number of para-hydroxylation sites is 1. The van der Waals surface area contributed by atoms with Crippen molar-refractivity contribution in [3.05, 3.63) is 90.0 Å². The number of allylic oxidation sites excluding steroid dienone is 1. The lowest BCUT2D eigenvalue weighted by molar-refractivity contribution is -0.162. The fourth-order valence-electron chi connectivity index (χ4n) is 7.50. The maximum atomic E-state index is 14.7. The second kappa shape index (κ2) is 14.9. The Labute approximate surface area is 294 Å². The molecular weight excluding hydrogens is 702 g/mol. The van der Waals surface area contributed by atoms with Crippen molar-refractivity contribution in [1.82, 2.24) is 10.2 Å². The number of hydrogen-bond donors (Lipinski definition) is 2. The van der Waals surface area contributed by atoms with Crippen LogP contribution in [0.5, 0.6) is 0 Å². The van der Waals surface area contributed by atoms with Crippen LogP contribution in [0.25, 0.3) is 0 Å². The summed E-state index contributed by atoms with van der Waals surface area (Å²) < 4.78 is 12.8. The summed E-state index contributed by atoms with van der Waals surface area (Å²) in [7, 11) is 0. The Kier molecular flexibility index (Phi) is 11.1. The van der Waals surface area contributed by atoms with Gasteiger partial charge in [-0.15, -0.1) is 13.2 Å². The van der Waals surface area contributed by atoms with Crippen LogP contribution < -0.4 is 10.2 Å². The molecule has 1 spiro atoms. The van der Waals surface area contributed by atoms with E-state index in [0.29, 0.717) is 22.7 Å². The molecule has 10 nitrogen and oxygen atoms in total. The number of aryl methyl sites for hydroxylation is 1. The van der Waals surface area contributed by atoms with Crippen LogP contribution in [0.2, 0.25) is 5.02 Å². The summed E-state index contributed by atoms with van der Waals surface area (Å²) in [6.45, 7) is 10.7. The molecule has 3 saturated heterocycles. The minimum atomic E-state index is -1.38. The van der Waals surface area contributed by atoms with Gasteiger partial charge in [-0.05, 0) is 43.9 Å². The summed E-state index contributed by atoms with van der Waals surface area (Å²) in [6, 6.07) is 12.6. The van der Waals surface area contributed by atoms with Crippen LogP contribution in [0.4, 0.5) is 5.69 Å². The normalized spacial score (nSPS) is 26.8. The number of anilines is 1. The molecule has 3 aliphatic rings. The maximum Gasteiger partial charge on any atom is 0.313 e. The van der Waals surface area contributed by atoms with Gasteiger partial charge in [0.25, 0.3) is 5.91 Å². The second-order valence-electron chi connectivity index (χ2n) is 12.5. The molecule has 2 bridgehead atoms. The minimum Gasteiger partial charge on any atom is -0.455 e. The topological polar surface area (TPSA) is 125 Å². The zero-order valence-electron chi connectivity index (χ0n) is 27.0. The summed E-state index contributed by atoms with van der Waals surface area (Å²) >= 11 is 10.3. The Morgan fingerprint density at radius 1 is 1.21 bits per heavy atom. The average Bonchev–Trinajstić information content (AvgIpc) is 3.65. The number of hydrogen-bond acceptors (Lipinski definition) is 7. The molecule has 0 aliphatic carbocycles. The van der Waals surface area contributed by atoms with Crippen molar-refractivity contribution in [2.24, 2.45) is 11.8 Å². The highest BCUT2D eigenvalue weighted by Crippen LogP contribution is 2.60. The molecule has 3 aliphatic heterocycles. The van der Waals surface area contributed by atoms with Gasteiger partial charge in [0.1, 0.15) is 17.7 Å². The number of rotatable bonds is 14. The van der Waals surface area contributed by atoms with Crippen molar-refractivity contribution in [2.45, 2.75) is 67.8 Å². The third-order valence-electron chi connectivity index (χ3n) is 9.46. The molecule has 0 radical (unpaired) electrons. The Morgan fingerprint density at radius 2 is 1.94 bits per heavy atom. The van der Waals surface area contributed by atoms with E-state index in [4.69, 9.17) is 21.1 Å². The van der Waals surface area contributed by atoms with Gasteiger partial charge < -0.3 is 29.7 Å². The highest BCUT2D eigenvalue weighted by Gasteiger charge is 2.77. The summed E-state index contributed by atoms with van der Waals surface area (Å²) in [5.41, 5.74) is 0.514. The summed E-state index contributed by atoms with van der Waals surface area (Å²) in [5, 5.41) is 13.3. The number of benzene rings is 2. The minimum absolute atomic E-state index is 0.101. The number of β-amino-alcohol motifs (C(OH)–C–C–N with tert-alkyl or cyclic N) is 1. The van der Waals surface area contributed by atoms with Crippen LogP contribution in [-0.2, 0) is 28.7 Å². The molecule has 256 valence electrons. The number of halogens is 2. The molecular formula is C36H41BrClN3O7. The lowest BCUT2D eigenvalue weighted by atomic mass is 9.70. The molecule has 2 N–H and O–H groups in total. The molecule has 2 aromatic carbocycles. The largest absolute Gasteiger partial charge is 0.455 e. The number of alkyl halides is 1. The van der Waals surface area contributed by atoms with E-state index in [2.05, 4.69) is 34.4 Å².